The summed E-state index contributed by atoms with van der Waals surface area (Å²) in [7, 11) is -2.10. The second-order valence-corrected chi connectivity index (χ2v) is 7.49. The highest BCUT2D eigenvalue weighted by molar-refractivity contribution is 7.92. The van der Waals surface area contributed by atoms with Crippen molar-refractivity contribution in [1.82, 2.24) is 5.43 Å². The third kappa shape index (κ3) is 5.32. The second-order valence-electron chi connectivity index (χ2n) is 5.31. The van der Waals surface area contributed by atoms with Crippen molar-refractivity contribution in [1.29, 1.82) is 0 Å². The van der Waals surface area contributed by atoms with Crippen molar-refractivity contribution < 1.29 is 17.9 Å². The quantitative estimate of drug-likeness (QED) is 0.565. The van der Waals surface area contributed by atoms with E-state index in [0.29, 0.717) is 11.4 Å². The molecule has 2 aromatic rings. The number of hydrogen-bond donors (Lipinski definition) is 1. The number of hydrazone groups is 1. The van der Waals surface area contributed by atoms with Gasteiger partial charge in [-0.1, -0.05) is 30.3 Å². The highest BCUT2D eigenvalue weighted by Gasteiger charge is 2.23. The molecule has 7 nitrogen and oxygen atoms in total. The van der Waals surface area contributed by atoms with Gasteiger partial charge < -0.3 is 4.74 Å². The van der Waals surface area contributed by atoms with E-state index in [2.05, 4.69) is 10.5 Å². The van der Waals surface area contributed by atoms with Crippen molar-refractivity contribution in [2.45, 2.75) is 6.92 Å². The van der Waals surface area contributed by atoms with Crippen LogP contribution in [0.4, 0.5) is 5.69 Å². The Morgan fingerprint density at radius 2 is 1.81 bits per heavy atom. The van der Waals surface area contributed by atoms with Crippen molar-refractivity contribution in [3.05, 3.63) is 60.2 Å². The first-order valence-corrected chi connectivity index (χ1v) is 9.58. The average molecular weight is 375 g/mol. The minimum atomic E-state index is -3.63. The maximum atomic E-state index is 12.4. The summed E-state index contributed by atoms with van der Waals surface area (Å²) in [5.74, 6) is -0.0657. The van der Waals surface area contributed by atoms with Crippen LogP contribution in [0.2, 0.25) is 0 Å². The number of amides is 1. The molecule has 0 atom stereocenters. The summed E-state index contributed by atoms with van der Waals surface area (Å²) in [5, 5.41) is 3.86. The van der Waals surface area contributed by atoms with E-state index in [1.54, 1.807) is 24.3 Å². The highest BCUT2D eigenvalue weighted by atomic mass is 32.2. The molecule has 8 heteroatoms. The number of hydrogen-bond acceptors (Lipinski definition) is 5. The average Bonchev–Trinajstić information content (AvgIpc) is 2.67. The topological polar surface area (TPSA) is 88.1 Å². The smallest absolute Gasteiger partial charge is 0.260 e. The van der Waals surface area contributed by atoms with E-state index in [9.17, 15) is 13.2 Å². The Morgan fingerprint density at radius 1 is 1.15 bits per heavy atom. The van der Waals surface area contributed by atoms with Crippen molar-refractivity contribution in [2.75, 3.05) is 23.7 Å². The lowest BCUT2D eigenvalue weighted by Crippen LogP contribution is -2.40. The Labute approximate surface area is 153 Å². The Bertz CT molecular complexity index is 850. The SMILES string of the molecule is CCS(=O)(=O)N(CC(=O)N/N=C\c1ccccc1)c1ccc(OC)cc1. The number of methoxy groups -OCH3 is 1. The maximum Gasteiger partial charge on any atom is 0.260 e. The van der Waals surface area contributed by atoms with Gasteiger partial charge in [0.25, 0.3) is 5.91 Å². The molecule has 0 saturated carbocycles. The van der Waals surface area contributed by atoms with Crippen molar-refractivity contribution in [3.8, 4) is 5.75 Å². The summed E-state index contributed by atoms with van der Waals surface area (Å²) in [6, 6.07) is 15.7. The Hall–Kier alpha value is -2.87. The van der Waals surface area contributed by atoms with Crippen LogP contribution in [0, 0.1) is 0 Å². The van der Waals surface area contributed by atoms with Crippen LogP contribution in [0.5, 0.6) is 5.75 Å². The Morgan fingerprint density at radius 3 is 2.38 bits per heavy atom. The van der Waals surface area contributed by atoms with Gasteiger partial charge in [-0.3, -0.25) is 9.10 Å². The summed E-state index contributed by atoms with van der Waals surface area (Å²) in [6.45, 7) is 1.16. The molecule has 0 bridgehead atoms. The molecule has 0 unspecified atom stereocenters. The maximum absolute atomic E-state index is 12.4. The molecule has 2 aromatic carbocycles. The van der Waals surface area contributed by atoms with Crippen molar-refractivity contribution >= 4 is 27.8 Å². The van der Waals surface area contributed by atoms with E-state index in [1.165, 1.54) is 20.2 Å². The number of ether oxygens (including phenoxy) is 1. The summed E-state index contributed by atoms with van der Waals surface area (Å²) in [4.78, 5) is 12.1. The number of rotatable bonds is 8. The van der Waals surface area contributed by atoms with Gasteiger partial charge in [0.2, 0.25) is 10.0 Å². The molecular formula is C18H21N3O4S. The molecule has 1 amide bonds. The van der Waals surface area contributed by atoms with Gasteiger partial charge in [-0.25, -0.2) is 13.8 Å². The lowest BCUT2D eigenvalue weighted by molar-refractivity contribution is -0.119. The number of nitrogens with one attached hydrogen (secondary N) is 1. The van der Waals surface area contributed by atoms with Gasteiger partial charge in [-0.2, -0.15) is 5.10 Å². The second kappa shape index (κ2) is 9.00. The molecule has 0 aliphatic carbocycles. The number of sulfonamides is 1. The Balaban J connectivity index is 2.11. The number of anilines is 1. The zero-order chi connectivity index (χ0) is 19.0. The first-order valence-electron chi connectivity index (χ1n) is 7.97. The van der Waals surface area contributed by atoms with E-state index in [-0.39, 0.29) is 12.3 Å². The van der Waals surface area contributed by atoms with Crippen LogP contribution in [0.15, 0.2) is 59.7 Å². The monoisotopic (exact) mass is 375 g/mol. The van der Waals surface area contributed by atoms with Gasteiger partial charge in [0.1, 0.15) is 12.3 Å². The fourth-order valence-electron chi connectivity index (χ4n) is 2.14. The molecule has 26 heavy (non-hydrogen) atoms. The van der Waals surface area contributed by atoms with E-state index < -0.39 is 15.9 Å². The Kier molecular flexibility index (Phi) is 6.74. The molecular weight excluding hydrogens is 354 g/mol. The third-order valence-corrected chi connectivity index (χ3v) is 5.29. The van der Waals surface area contributed by atoms with Gasteiger partial charge in [-0.05, 0) is 36.8 Å². The van der Waals surface area contributed by atoms with E-state index >= 15 is 0 Å². The van der Waals surface area contributed by atoms with E-state index in [1.807, 2.05) is 30.3 Å². The zero-order valence-electron chi connectivity index (χ0n) is 14.6. The molecule has 1 N–H and O–H groups in total. The summed E-state index contributed by atoms with van der Waals surface area (Å²) in [6.07, 6.45) is 1.49. The van der Waals surface area contributed by atoms with E-state index in [0.717, 1.165) is 9.87 Å². The minimum Gasteiger partial charge on any atom is -0.497 e. The van der Waals surface area contributed by atoms with E-state index in [4.69, 9.17) is 4.74 Å². The predicted molar refractivity (Wildman–Crippen MR) is 102 cm³/mol. The van der Waals surface area contributed by atoms with Crippen LogP contribution in [0.1, 0.15) is 12.5 Å². The van der Waals surface area contributed by atoms with Gasteiger partial charge in [0, 0.05) is 0 Å². The third-order valence-electron chi connectivity index (χ3n) is 3.55. The van der Waals surface area contributed by atoms with Crippen molar-refractivity contribution in [3.63, 3.8) is 0 Å². The van der Waals surface area contributed by atoms with Crippen LogP contribution < -0.4 is 14.5 Å². The number of nitrogens with zero attached hydrogens (tertiary/aromatic N) is 2. The molecule has 0 spiro atoms. The van der Waals surface area contributed by atoms with Crippen LogP contribution in [0.3, 0.4) is 0 Å². The zero-order valence-corrected chi connectivity index (χ0v) is 15.4. The molecule has 138 valence electrons. The van der Waals surface area contributed by atoms with Crippen LogP contribution >= 0.6 is 0 Å². The largest absolute Gasteiger partial charge is 0.497 e. The lowest BCUT2D eigenvalue weighted by atomic mass is 10.2. The van der Waals surface area contributed by atoms with Gasteiger partial charge >= 0.3 is 0 Å². The van der Waals surface area contributed by atoms with Gasteiger partial charge in [0.05, 0.1) is 24.8 Å². The first-order chi connectivity index (χ1) is 12.5. The standard InChI is InChI=1S/C18H21N3O4S/c1-3-26(23,24)21(16-9-11-17(25-2)12-10-16)14-18(22)20-19-13-15-7-5-4-6-8-15/h4-13H,3,14H2,1-2H3,(H,20,22)/b19-13-. The lowest BCUT2D eigenvalue weighted by Gasteiger charge is -2.23. The fourth-order valence-corrected chi connectivity index (χ4v) is 3.21. The summed E-state index contributed by atoms with van der Waals surface area (Å²) >= 11 is 0. The number of carbonyl (C=O) groups is 1. The molecule has 0 fully saturated rings. The molecule has 0 radical (unpaired) electrons. The summed E-state index contributed by atoms with van der Waals surface area (Å²) in [5.41, 5.74) is 3.55. The van der Waals surface area contributed by atoms with Crippen LogP contribution in [0.25, 0.3) is 0 Å². The minimum absolute atomic E-state index is 0.125. The van der Waals surface area contributed by atoms with Gasteiger partial charge in [-0.15, -0.1) is 0 Å². The molecule has 0 aliphatic heterocycles. The summed E-state index contributed by atoms with van der Waals surface area (Å²) < 4.78 is 30.8. The normalized spacial score (nSPS) is 11.3. The van der Waals surface area contributed by atoms with Crippen LogP contribution in [-0.4, -0.2) is 39.9 Å². The number of carbonyl (C=O) groups excluding carboxylic acids is 1. The predicted octanol–water partition coefficient (Wildman–Crippen LogP) is 2.00. The van der Waals surface area contributed by atoms with Crippen molar-refractivity contribution in [2.24, 2.45) is 5.10 Å². The van der Waals surface area contributed by atoms with Gasteiger partial charge in [0.15, 0.2) is 0 Å². The first kappa shape index (κ1) is 19.5. The molecule has 0 saturated heterocycles. The highest BCUT2D eigenvalue weighted by Crippen LogP contribution is 2.21. The molecule has 0 aromatic heterocycles. The molecule has 0 aliphatic rings. The van der Waals surface area contributed by atoms with Crippen LogP contribution in [-0.2, 0) is 14.8 Å². The molecule has 2 rings (SSSR count). The fraction of sp³-hybridized carbons (Fsp3) is 0.222. The number of benzene rings is 2. The molecule has 0 heterocycles.